The topological polar surface area (TPSA) is 12.0 Å². The van der Waals surface area contributed by atoms with Crippen LogP contribution in [0.1, 0.15) is 38.9 Å². The summed E-state index contributed by atoms with van der Waals surface area (Å²) in [6.07, 6.45) is 2.28. The van der Waals surface area contributed by atoms with Crippen molar-refractivity contribution in [2.24, 2.45) is 0 Å². The molecular formula is C30H29N. The second-order valence-electron chi connectivity index (χ2n) is 8.29. The fourth-order valence-electron chi connectivity index (χ4n) is 3.87. The van der Waals surface area contributed by atoms with Gasteiger partial charge >= 0.3 is 0 Å². The van der Waals surface area contributed by atoms with Gasteiger partial charge in [-0.15, -0.1) is 0 Å². The molecule has 0 fully saturated rings. The first-order valence-electron chi connectivity index (χ1n) is 10.8. The molecule has 0 saturated heterocycles. The summed E-state index contributed by atoms with van der Waals surface area (Å²) in [5.74, 6) is 0. The molecule has 0 aliphatic heterocycles. The number of rotatable bonds is 5. The molecule has 1 N–H and O–H groups in total. The van der Waals surface area contributed by atoms with Gasteiger partial charge in [0.1, 0.15) is 0 Å². The van der Waals surface area contributed by atoms with E-state index in [1.807, 2.05) is 0 Å². The van der Waals surface area contributed by atoms with Gasteiger partial charge in [-0.25, -0.2) is 0 Å². The molecule has 0 atom stereocenters. The van der Waals surface area contributed by atoms with E-state index >= 15 is 0 Å². The number of hydrogen-bond acceptors (Lipinski definition) is 1. The SMILES string of the molecule is Cc1ccc(/C(=C/c2ccc(Nc3ccc(C)c(C)c3)cc2)c2ccccc2)c(C)c1. The van der Waals surface area contributed by atoms with Gasteiger partial charge in [0.2, 0.25) is 0 Å². The van der Waals surface area contributed by atoms with Crippen molar-refractivity contribution >= 4 is 23.0 Å². The molecule has 4 rings (SSSR count). The molecule has 0 unspecified atom stereocenters. The van der Waals surface area contributed by atoms with Gasteiger partial charge in [0, 0.05) is 11.4 Å². The third kappa shape index (κ3) is 4.95. The number of aryl methyl sites for hydroxylation is 4. The van der Waals surface area contributed by atoms with Gasteiger partial charge in [0.05, 0.1) is 0 Å². The van der Waals surface area contributed by atoms with Crippen LogP contribution in [-0.4, -0.2) is 0 Å². The molecule has 154 valence electrons. The van der Waals surface area contributed by atoms with E-state index in [1.54, 1.807) is 0 Å². The van der Waals surface area contributed by atoms with Gasteiger partial charge < -0.3 is 5.32 Å². The maximum atomic E-state index is 3.51. The Morgan fingerprint density at radius 3 is 2.00 bits per heavy atom. The molecule has 0 aliphatic rings. The van der Waals surface area contributed by atoms with E-state index in [0.717, 1.165) is 11.4 Å². The summed E-state index contributed by atoms with van der Waals surface area (Å²) in [4.78, 5) is 0. The molecule has 0 heterocycles. The van der Waals surface area contributed by atoms with Crippen LogP contribution in [0.15, 0.2) is 91.0 Å². The summed E-state index contributed by atoms with van der Waals surface area (Å²) in [6.45, 7) is 8.62. The van der Waals surface area contributed by atoms with Gasteiger partial charge in [-0.1, -0.05) is 72.3 Å². The van der Waals surface area contributed by atoms with Crippen LogP contribution in [0.25, 0.3) is 11.6 Å². The predicted molar refractivity (Wildman–Crippen MR) is 135 cm³/mol. The zero-order valence-corrected chi connectivity index (χ0v) is 18.7. The van der Waals surface area contributed by atoms with Crippen molar-refractivity contribution in [1.82, 2.24) is 0 Å². The molecule has 0 radical (unpaired) electrons. The van der Waals surface area contributed by atoms with Gasteiger partial charge in [-0.3, -0.25) is 0 Å². The normalized spacial score (nSPS) is 11.4. The Balaban J connectivity index is 1.66. The van der Waals surface area contributed by atoms with E-state index < -0.39 is 0 Å². The molecular weight excluding hydrogens is 374 g/mol. The van der Waals surface area contributed by atoms with E-state index in [4.69, 9.17) is 0 Å². The Morgan fingerprint density at radius 1 is 0.613 bits per heavy atom. The Labute approximate surface area is 186 Å². The first-order valence-corrected chi connectivity index (χ1v) is 10.8. The van der Waals surface area contributed by atoms with Crippen molar-refractivity contribution in [2.75, 3.05) is 5.32 Å². The van der Waals surface area contributed by atoms with Crippen LogP contribution in [-0.2, 0) is 0 Å². The van der Waals surface area contributed by atoms with E-state index in [9.17, 15) is 0 Å². The van der Waals surface area contributed by atoms with Gasteiger partial charge in [-0.2, -0.15) is 0 Å². The third-order valence-corrected chi connectivity index (χ3v) is 5.77. The Bertz CT molecular complexity index is 1220. The number of anilines is 2. The average molecular weight is 404 g/mol. The number of hydrogen-bond donors (Lipinski definition) is 1. The molecule has 4 aromatic rings. The highest BCUT2D eigenvalue weighted by Gasteiger charge is 2.08. The third-order valence-electron chi connectivity index (χ3n) is 5.77. The molecule has 31 heavy (non-hydrogen) atoms. The van der Waals surface area contributed by atoms with Crippen molar-refractivity contribution in [3.05, 3.63) is 130 Å². The van der Waals surface area contributed by atoms with Crippen LogP contribution in [0.2, 0.25) is 0 Å². The van der Waals surface area contributed by atoms with E-state index in [2.05, 4.69) is 130 Å². The van der Waals surface area contributed by atoms with Gasteiger partial charge in [0.25, 0.3) is 0 Å². The fraction of sp³-hybridized carbons (Fsp3) is 0.133. The van der Waals surface area contributed by atoms with Crippen LogP contribution >= 0.6 is 0 Å². The number of benzene rings is 4. The van der Waals surface area contributed by atoms with Gasteiger partial charge in [0.15, 0.2) is 0 Å². The second kappa shape index (κ2) is 9.06. The molecule has 0 saturated carbocycles. The van der Waals surface area contributed by atoms with Crippen LogP contribution in [0.3, 0.4) is 0 Å². The lowest BCUT2D eigenvalue weighted by molar-refractivity contribution is 1.34. The first kappa shape index (κ1) is 20.7. The molecule has 0 aromatic heterocycles. The summed E-state index contributed by atoms with van der Waals surface area (Å²) in [6, 6.07) is 32.4. The highest BCUT2D eigenvalue weighted by Crippen LogP contribution is 2.29. The maximum absolute atomic E-state index is 3.51. The molecule has 0 spiro atoms. The maximum Gasteiger partial charge on any atom is 0.0387 e. The minimum atomic E-state index is 1.09. The predicted octanol–water partition coefficient (Wildman–Crippen LogP) is 8.25. The van der Waals surface area contributed by atoms with Crippen molar-refractivity contribution in [2.45, 2.75) is 27.7 Å². The lowest BCUT2D eigenvalue weighted by Gasteiger charge is -2.13. The van der Waals surface area contributed by atoms with Crippen LogP contribution in [0.5, 0.6) is 0 Å². The summed E-state index contributed by atoms with van der Waals surface area (Å²) in [5, 5.41) is 3.51. The Hall–Kier alpha value is -3.58. The monoisotopic (exact) mass is 403 g/mol. The first-order chi connectivity index (χ1) is 15.0. The molecule has 1 heteroatoms. The quantitative estimate of drug-likeness (QED) is 0.331. The highest BCUT2D eigenvalue weighted by atomic mass is 14.9. The van der Waals surface area contributed by atoms with Crippen molar-refractivity contribution in [3.63, 3.8) is 0 Å². The van der Waals surface area contributed by atoms with Gasteiger partial charge in [-0.05, 0) is 97.0 Å². The fourth-order valence-corrected chi connectivity index (χ4v) is 3.87. The largest absolute Gasteiger partial charge is 0.356 e. The minimum Gasteiger partial charge on any atom is -0.356 e. The summed E-state index contributed by atoms with van der Waals surface area (Å²) < 4.78 is 0. The minimum absolute atomic E-state index is 1.09. The van der Waals surface area contributed by atoms with E-state index in [0.29, 0.717) is 0 Å². The lowest BCUT2D eigenvalue weighted by Crippen LogP contribution is -1.93. The summed E-state index contributed by atoms with van der Waals surface area (Å²) >= 11 is 0. The Kier molecular flexibility index (Phi) is 6.04. The van der Waals surface area contributed by atoms with Crippen LogP contribution in [0.4, 0.5) is 11.4 Å². The summed E-state index contributed by atoms with van der Waals surface area (Å²) in [5.41, 5.74) is 12.3. The van der Waals surface area contributed by atoms with Crippen molar-refractivity contribution < 1.29 is 0 Å². The van der Waals surface area contributed by atoms with E-state index in [1.165, 1.54) is 44.5 Å². The Morgan fingerprint density at radius 2 is 1.32 bits per heavy atom. The van der Waals surface area contributed by atoms with Crippen molar-refractivity contribution in [1.29, 1.82) is 0 Å². The van der Waals surface area contributed by atoms with E-state index in [-0.39, 0.29) is 0 Å². The van der Waals surface area contributed by atoms with Crippen LogP contribution in [0, 0.1) is 27.7 Å². The number of nitrogens with one attached hydrogen (secondary N) is 1. The highest BCUT2D eigenvalue weighted by molar-refractivity contribution is 5.92. The molecule has 0 bridgehead atoms. The molecule has 0 aliphatic carbocycles. The average Bonchev–Trinajstić information content (AvgIpc) is 2.77. The zero-order valence-electron chi connectivity index (χ0n) is 18.7. The molecule has 4 aromatic carbocycles. The van der Waals surface area contributed by atoms with Crippen molar-refractivity contribution in [3.8, 4) is 0 Å². The summed E-state index contributed by atoms with van der Waals surface area (Å²) in [7, 11) is 0. The molecule has 0 amide bonds. The van der Waals surface area contributed by atoms with Crippen LogP contribution < -0.4 is 5.32 Å². The second-order valence-corrected chi connectivity index (χ2v) is 8.29. The molecule has 1 nitrogen and oxygen atoms in total. The zero-order chi connectivity index (χ0) is 21.8. The smallest absolute Gasteiger partial charge is 0.0387 e. The standard InChI is InChI=1S/C30H29N/c1-21-10-17-29(24(4)18-21)30(26-8-6-5-7-9-26)20-25-12-15-27(16-13-25)31-28-14-11-22(2)23(3)19-28/h5-20,31H,1-4H3/b30-20+. The lowest BCUT2D eigenvalue weighted by atomic mass is 9.92.